The van der Waals surface area contributed by atoms with Gasteiger partial charge in [-0.05, 0) is 38.6 Å². The van der Waals surface area contributed by atoms with Crippen LogP contribution in [0.2, 0.25) is 0 Å². The Balaban J connectivity index is 2.25. The van der Waals surface area contributed by atoms with Gasteiger partial charge in [0.05, 0.1) is 12.0 Å². The molecule has 16 heavy (non-hydrogen) atoms. The molecule has 1 aliphatic rings. The Bertz CT molecular complexity index is 232. The Hall–Kier alpha value is -0.610. The predicted octanol–water partition coefficient (Wildman–Crippen LogP) is 1.24. The monoisotopic (exact) mass is 229 g/mol. The van der Waals surface area contributed by atoms with Crippen LogP contribution < -0.4 is 5.32 Å². The summed E-state index contributed by atoms with van der Waals surface area (Å²) >= 11 is 0. The Morgan fingerprint density at radius 3 is 2.69 bits per heavy atom. The second-order valence-electron chi connectivity index (χ2n) is 5.01. The van der Waals surface area contributed by atoms with Crippen molar-refractivity contribution >= 4 is 5.97 Å². The Morgan fingerprint density at radius 1 is 1.44 bits per heavy atom. The number of carbonyl (C=O) groups is 1. The van der Waals surface area contributed by atoms with E-state index in [4.69, 9.17) is 5.11 Å². The molecule has 0 saturated heterocycles. The molecule has 94 valence electrons. The second-order valence-corrected chi connectivity index (χ2v) is 5.01. The number of rotatable bonds is 5. The number of aliphatic hydroxyl groups is 1. The van der Waals surface area contributed by atoms with Crippen LogP contribution in [-0.2, 0) is 4.79 Å². The van der Waals surface area contributed by atoms with Gasteiger partial charge in [-0.2, -0.15) is 0 Å². The predicted molar refractivity (Wildman–Crippen MR) is 62.2 cm³/mol. The summed E-state index contributed by atoms with van der Waals surface area (Å²) in [6.45, 7) is 4.43. The molecule has 4 unspecified atom stereocenters. The lowest BCUT2D eigenvalue weighted by atomic mass is 9.87. The molecule has 0 heterocycles. The highest BCUT2D eigenvalue weighted by Crippen LogP contribution is 2.23. The normalized spacial score (nSPS) is 29.7. The van der Waals surface area contributed by atoms with E-state index in [0.29, 0.717) is 5.92 Å². The van der Waals surface area contributed by atoms with Gasteiger partial charge < -0.3 is 15.5 Å². The van der Waals surface area contributed by atoms with Gasteiger partial charge in [0.2, 0.25) is 0 Å². The van der Waals surface area contributed by atoms with Crippen LogP contribution in [0.1, 0.15) is 39.5 Å². The van der Waals surface area contributed by atoms with E-state index in [0.717, 1.165) is 32.2 Å². The maximum absolute atomic E-state index is 10.8. The molecule has 1 saturated carbocycles. The van der Waals surface area contributed by atoms with Gasteiger partial charge in [-0.15, -0.1) is 0 Å². The summed E-state index contributed by atoms with van der Waals surface area (Å²) < 4.78 is 0. The van der Waals surface area contributed by atoms with Crippen LogP contribution in [0.25, 0.3) is 0 Å². The largest absolute Gasteiger partial charge is 0.481 e. The van der Waals surface area contributed by atoms with Crippen LogP contribution in [0.15, 0.2) is 0 Å². The minimum Gasteiger partial charge on any atom is -0.481 e. The van der Waals surface area contributed by atoms with Gasteiger partial charge in [-0.1, -0.05) is 13.3 Å². The summed E-state index contributed by atoms with van der Waals surface area (Å²) in [6.07, 6.45) is 3.82. The average molecular weight is 229 g/mol. The molecule has 0 spiro atoms. The molecule has 0 aromatic rings. The van der Waals surface area contributed by atoms with Crippen LogP contribution in [0.3, 0.4) is 0 Å². The van der Waals surface area contributed by atoms with Crippen LogP contribution in [0, 0.1) is 11.8 Å². The van der Waals surface area contributed by atoms with Gasteiger partial charge in [0.15, 0.2) is 0 Å². The first-order valence-corrected chi connectivity index (χ1v) is 6.15. The van der Waals surface area contributed by atoms with Gasteiger partial charge >= 0.3 is 5.97 Å². The van der Waals surface area contributed by atoms with E-state index < -0.39 is 5.97 Å². The molecular formula is C12H23NO3. The first-order valence-electron chi connectivity index (χ1n) is 6.15. The molecule has 4 atom stereocenters. The standard InChI is InChI=1S/C12H23NO3/c1-8(12(15)16)9(2)13-7-10-4-3-5-11(14)6-10/h8-11,13-14H,3-7H2,1-2H3,(H,15,16). The molecule has 0 amide bonds. The SMILES string of the molecule is CC(NCC1CCCC(O)C1)C(C)C(=O)O. The van der Waals surface area contributed by atoms with E-state index in [1.54, 1.807) is 6.92 Å². The number of hydrogen-bond acceptors (Lipinski definition) is 3. The molecule has 1 rings (SSSR count). The van der Waals surface area contributed by atoms with Crippen LogP contribution in [0.5, 0.6) is 0 Å². The van der Waals surface area contributed by atoms with Crippen molar-refractivity contribution in [1.82, 2.24) is 5.32 Å². The molecule has 0 aliphatic heterocycles. The van der Waals surface area contributed by atoms with Crippen molar-refractivity contribution < 1.29 is 15.0 Å². The van der Waals surface area contributed by atoms with Crippen molar-refractivity contribution in [2.24, 2.45) is 11.8 Å². The topological polar surface area (TPSA) is 69.6 Å². The molecule has 0 radical (unpaired) electrons. The van der Waals surface area contributed by atoms with E-state index in [9.17, 15) is 9.90 Å². The minimum absolute atomic E-state index is 0.0171. The lowest BCUT2D eigenvalue weighted by molar-refractivity contribution is -0.141. The van der Waals surface area contributed by atoms with Gasteiger partial charge in [0, 0.05) is 6.04 Å². The Morgan fingerprint density at radius 2 is 2.12 bits per heavy atom. The highest BCUT2D eigenvalue weighted by atomic mass is 16.4. The number of carboxylic acids is 1. The number of hydrogen-bond donors (Lipinski definition) is 3. The van der Waals surface area contributed by atoms with E-state index >= 15 is 0 Å². The van der Waals surface area contributed by atoms with Gasteiger partial charge in [-0.25, -0.2) is 0 Å². The maximum Gasteiger partial charge on any atom is 0.307 e. The summed E-state index contributed by atoms with van der Waals surface area (Å²) in [5, 5.41) is 21.6. The summed E-state index contributed by atoms with van der Waals surface area (Å²) in [4.78, 5) is 10.8. The smallest absolute Gasteiger partial charge is 0.307 e. The van der Waals surface area contributed by atoms with Crippen LogP contribution in [-0.4, -0.2) is 34.9 Å². The lowest BCUT2D eigenvalue weighted by Gasteiger charge is -2.28. The summed E-state index contributed by atoms with van der Waals surface area (Å²) in [7, 11) is 0. The van der Waals surface area contributed by atoms with Crippen molar-refractivity contribution in [1.29, 1.82) is 0 Å². The number of aliphatic carboxylic acids is 1. The minimum atomic E-state index is -0.760. The van der Waals surface area contributed by atoms with Crippen LogP contribution in [0.4, 0.5) is 0 Å². The van der Waals surface area contributed by atoms with Gasteiger partial charge in [-0.3, -0.25) is 4.79 Å². The maximum atomic E-state index is 10.8. The third-order valence-electron chi connectivity index (χ3n) is 3.62. The average Bonchev–Trinajstić information content (AvgIpc) is 2.24. The Labute approximate surface area is 97.0 Å². The fourth-order valence-electron chi connectivity index (χ4n) is 2.19. The molecule has 3 N–H and O–H groups in total. The zero-order chi connectivity index (χ0) is 12.1. The first kappa shape index (κ1) is 13.5. The van der Waals surface area contributed by atoms with E-state index in [2.05, 4.69) is 5.32 Å². The molecule has 0 aromatic heterocycles. The Kier molecular flexibility index (Phi) is 5.22. The number of nitrogens with one attached hydrogen (secondary N) is 1. The fraction of sp³-hybridized carbons (Fsp3) is 0.917. The zero-order valence-corrected chi connectivity index (χ0v) is 10.1. The van der Waals surface area contributed by atoms with Gasteiger partial charge in [0.1, 0.15) is 0 Å². The third kappa shape index (κ3) is 4.10. The fourth-order valence-corrected chi connectivity index (χ4v) is 2.19. The second kappa shape index (κ2) is 6.21. The highest BCUT2D eigenvalue weighted by molar-refractivity contribution is 5.70. The van der Waals surface area contributed by atoms with Gasteiger partial charge in [0.25, 0.3) is 0 Å². The quantitative estimate of drug-likeness (QED) is 0.663. The van der Waals surface area contributed by atoms with E-state index in [1.165, 1.54) is 0 Å². The molecule has 0 aromatic carbocycles. The van der Waals surface area contributed by atoms with Crippen molar-refractivity contribution in [3.8, 4) is 0 Å². The summed E-state index contributed by atoms with van der Waals surface area (Å²) in [5.41, 5.74) is 0. The molecule has 4 nitrogen and oxygen atoms in total. The van der Waals surface area contributed by atoms with Crippen molar-refractivity contribution in [3.63, 3.8) is 0 Å². The summed E-state index contributed by atoms with van der Waals surface area (Å²) in [6, 6.07) is -0.0171. The molecular weight excluding hydrogens is 206 g/mol. The molecule has 4 heteroatoms. The molecule has 0 bridgehead atoms. The first-order chi connectivity index (χ1) is 7.50. The molecule has 1 fully saturated rings. The zero-order valence-electron chi connectivity index (χ0n) is 10.1. The highest BCUT2D eigenvalue weighted by Gasteiger charge is 2.23. The molecule has 1 aliphatic carbocycles. The van der Waals surface area contributed by atoms with E-state index in [1.807, 2.05) is 6.92 Å². The number of aliphatic hydroxyl groups excluding tert-OH is 1. The van der Waals surface area contributed by atoms with Crippen molar-refractivity contribution in [2.75, 3.05) is 6.54 Å². The van der Waals surface area contributed by atoms with E-state index in [-0.39, 0.29) is 18.1 Å². The lowest BCUT2D eigenvalue weighted by Crippen LogP contribution is -2.40. The summed E-state index contributed by atoms with van der Waals surface area (Å²) in [5.74, 6) is -0.635. The van der Waals surface area contributed by atoms with Crippen molar-refractivity contribution in [3.05, 3.63) is 0 Å². The van der Waals surface area contributed by atoms with Crippen molar-refractivity contribution in [2.45, 2.75) is 51.7 Å². The third-order valence-corrected chi connectivity index (χ3v) is 3.62. The number of carboxylic acid groups (broad SMARTS) is 1. The van der Waals surface area contributed by atoms with Crippen LogP contribution >= 0.6 is 0 Å².